The van der Waals surface area contributed by atoms with Crippen LogP contribution in [0.1, 0.15) is 46.1 Å². The van der Waals surface area contributed by atoms with Gasteiger partial charge in [0.1, 0.15) is 0 Å². The molecule has 26 heavy (non-hydrogen) atoms. The lowest BCUT2D eigenvalue weighted by Crippen LogP contribution is -2.19. The van der Waals surface area contributed by atoms with Gasteiger partial charge >= 0.3 is 0 Å². The van der Waals surface area contributed by atoms with Gasteiger partial charge in [0.15, 0.2) is 11.5 Å². The predicted molar refractivity (Wildman–Crippen MR) is 106 cm³/mol. The lowest BCUT2D eigenvalue weighted by atomic mass is 9.86. The largest absolute Gasteiger partial charge is 0.490 e. The zero-order chi connectivity index (χ0) is 19.0. The fourth-order valence-corrected chi connectivity index (χ4v) is 2.72. The van der Waals surface area contributed by atoms with Gasteiger partial charge in [0.25, 0.3) is 0 Å². The van der Waals surface area contributed by atoms with Crippen molar-refractivity contribution < 1.29 is 14.3 Å². The molecule has 0 aliphatic carbocycles. The Balaban J connectivity index is 1.84. The summed E-state index contributed by atoms with van der Waals surface area (Å²) in [6.07, 6.45) is 1.05. The minimum atomic E-state index is -0.0179. The van der Waals surface area contributed by atoms with Crippen molar-refractivity contribution in [1.29, 1.82) is 0 Å². The molecule has 0 bridgehead atoms. The van der Waals surface area contributed by atoms with Crippen LogP contribution in [0.3, 0.4) is 0 Å². The Kier molecular flexibility index (Phi) is 7.07. The average molecular weight is 355 g/mol. The third-order valence-electron chi connectivity index (χ3n) is 3.96. The van der Waals surface area contributed by atoms with E-state index in [1.165, 1.54) is 0 Å². The number of anilines is 1. The van der Waals surface area contributed by atoms with Crippen LogP contribution in [0.4, 0.5) is 5.69 Å². The van der Waals surface area contributed by atoms with Crippen LogP contribution in [0.25, 0.3) is 0 Å². The second-order valence-electron chi connectivity index (χ2n) is 7.18. The standard InChI is InChI=1S/C22H29NO3/c1-5-25-19-13-8-9-14-20(19)26-16-10-15-21(24)23-18-12-7-6-11-17(18)22(2,3)4/h6-9,11-14H,5,10,15-16H2,1-4H3,(H,23,24). The number of nitrogens with one attached hydrogen (secondary N) is 1. The highest BCUT2D eigenvalue weighted by molar-refractivity contribution is 5.91. The van der Waals surface area contributed by atoms with Crippen molar-refractivity contribution >= 4 is 11.6 Å². The normalized spacial score (nSPS) is 11.1. The summed E-state index contributed by atoms with van der Waals surface area (Å²) in [6.45, 7) is 9.43. The van der Waals surface area contributed by atoms with Crippen LogP contribution in [0.5, 0.6) is 11.5 Å². The van der Waals surface area contributed by atoms with Gasteiger partial charge in [0, 0.05) is 12.1 Å². The molecule has 0 atom stereocenters. The zero-order valence-corrected chi connectivity index (χ0v) is 16.2. The third kappa shape index (κ3) is 5.80. The van der Waals surface area contributed by atoms with Crippen molar-refractivity contribution in [2.75, 3.05) is 18.5 Å². The number of carbonyl (C=O) groups is 1. The van der Waals surface area contributed by atoms with Crippen molar-refractivity contribution in [2.24, 2.45) is 0 Å². The smallest absolute Gasteiger partial charge is 0.224 e. The summed E-state index contributed by atoms with van der Waals surface area (Å²) in [5, 5.41) is 3.03. The van der Waals surface area contributed by atoms with E-state index in [2.05, 4.69) is 32.2 Å². The maximum atomic E-state index is 12.3. The maximum absolute atomic E-state index is 12.3. The van der Waals surface area contributed by atoms with E-state index in [-0.39, 0.29) is 11.3 Å². The fraction of sp³-hybridized carbons (Fsp3) is 0.409. The quantitative estimate of drug-likeness (QED) is 0.664. The van der Waals surface area contributed by atoms with Crippen LogP contribution in [0.2, 0.25) is 0 Å². The molecule has 0 heterocycles. The lowest BCUT2D eigenvalue weighted by Gasteiger charge is -2.23. The van der Waals surface area contributed by atoms with Crippen LogP contribution >= 0.6 is 0 Å². The van der Waals surface area contributed by atoms with Gasteiger partial charge in [-0.15, -0.1) is 0 Å². The Morgan fingerprint density at radius 1 is 0.962 bits per heavy atom. The average Bonchev–Trinajstić information content (AvgIpc) is 2.60. The van der Waals surface area contributed by atoms with Crippen molar-refractivity contribution in [2.45, 2.75) is 46.0 Å². The molecule has 0 spiro atoms. The van der Waals surface area contributed by atoms with Gasteiger partial charge < -0.3 is 14.8 Å². The van der Waals surface area contributed by atoms with Gasteiger partial charge in [-0.1, -0.05) is 51.1 Å². The van der Waals surface area contributed by atoms with Gasteiger partial charge in [-0.25, -0.2) is 0 Å². The van der Waals surface area contributed by atoms with E-state index in [1.54, 1.807) is 0 Å². The summed E-state index contributed by atoms with van der Waals surface area (Å²) in [5.41, 5.74) is 2.00. The van der Waals surface area contributed by atoms with Gasteiger partial charge in [-0.3, -0.25) is 4.79 Å². The van der Waals surface area contributed by atoms with Crippen LogP contribution in [0, 0.1) is 0 Å². The second-order valence-corrected chi connectivity index (χ2v) is 7.18. The number of benzene rings is 2. The molecule has 140 valence electrons. The van der Waals surface area contributed by atoms with Crippen molar-refractivity contribution in [3.05, 3.63) is 54.1 Å². The van der Waals surface area contributed by atoms with E-state index in [0.29, 0.717) is 31.8 Å². The van der Waals surface area contributed by atoms with E-state index in [9.17, 15) is 4.79 Å². The molecule has 0 aliphatic rings. The monoisotopic (exact) mass is 355 g/mol. The van der Waals surface area contributed by atoms with Crippen LogP contribution in [-0.2, 0) is 10.2 Å². The Hall–Kier alpha value is -2.49. The summed E-state index contributed by atoms with van der Waals surface area (Å²) in [5.74, 6) is 1.45. The summed E-state index contributed by atoms with van der Waals surface area (Å²) in [7, 11) is 0. The Labute approximate surface area is 156 Å². The molecule has 0 saturated carbocycles. The van der Waals surface area contributed by atoms with E-state index in [0.717, 1.165) is 17.0 Å². The molecule has 2 rings (SSSR count). The maximum Gasteiger partial charge on any atom is 0.224 e. The van der Waals surface area contributed by atoms with E-state index < -0.39 is 0 Å². The number of ether oxygens (including phenoxy) is 2. The molecule has 2 aromatic carbocycles. The molecule has 2 aromatic rings. The first-order chi connectivity index (χ1) is 12.4. The summed E-state index contributed by atoms with van der Waals surface area (Å²) >= 11 is 0. The molecule has 1 N–H and O–H groups in total. The van der Waals surface area contributed by atoms with Gasteiger partial charge in [0.05, 0.1) is 13.2 Å². The van der Waals surface area contributed by atoms with Crippen LogP contribution < -0.4 is 14.8 Å². The Morgan fingerprint density at radius 3 is 2.23 bits per heavy atom. The fourth-order valence-electron chi connectivity index (χ4n) is 2.72. The molecule has 0 fully saturated rings. The minimum Gasteiger partial charge on any atom is -0.490 e. The first-order valence-corrected chi connectivity index (χ1v) is 9.16. The second kappa shape index (κ2) is 9.27. The number of hydrogen-bond acceptors (Lipinski definition) is 3. The molecule has 0 aliphatic heterocycles. The van der Waals surface area contributed by atoms with Crippen molar-refractivity contribution in [3.63, 3.8) is 0 Å². The summed E-state index contributed by atoms with van der Waals surface area (Å²) in [6, 6.07) is 15.5. The van der Waals surface area contributed by atoms with Crippen molar-refractivity contribution in [3.8, 4) is 11.5 Å². The summed E-state index contributed by atoms with van der Waals surface area (Å²) in [4.78, 5) is 12.3. The lowest BCUT2D eigenvalue weighted by molar-refractivity contribution is -0.116. The molecule has 0 aromatic heterocycles. The number of amides is 1. The highest BCUT2D eigenvalue weighted by Gasteiger charge is 2.18. The Morgan fingerprint density at radius 2 is 1.58 bits per heavy atom. The van der Waals surface area contributed by atoms with Gasteiger partial charge in [-0.05, 0) is 42.5 Å². The molecular weight excluding hydrogens is 326 g/mol. The molecule has 0 saturated heterocycles. The molecule has 0 radical (unpaired) electrons. The van der Waals surface area contributed by atoms with Crippen molar-refractivity contribution in [1.82, 2.24) is 0 Å². The molecule has 4 heteroatoms. The topological polar surface area (TPSA) is 47.6 Å². The van der Waals surface area contributed by atoms with Crippen LogP contribution in [0.15, 0.2) is 48.5 Å². The third-order valence-corrected chi connectivity index (χ3v) is 3.96. The molecule has 4 nitrogen and oxygen atoms in total. The van der Waals surface area contributed by atoms with Gasteiger partial charge in [0.2, 0.25) is 5.91 Å². The predicted octanol–water partition coefficient (Wildman–Crippen LogP) is 5.18. The number of para-hydroxylation sites is 3. The molecule has 1 amide bonds. The number of carbonyl (C=O) groups excluding carboxylic acids is 1. The number of hydrogen-bond donors (Lipinski definition) is 1. The van der Waals surface area contributed by atoms with Gasteiger partial charge in [-0.2, -0.15) is 0 Å². The summed E-state index contributed by atoms with van der Waals surface area (Å²) < 4.78 is 11.3. The molecule has 0 unspecified atom stereocenters. The minimum absolute atomic E-state index is 0.00314. The first-order valence-electron chi connectivity index (χ1n) is 9.16. The zero-order valence-electron chi connectivity index (χ0n) is 16.2. The van der Waals surface area contributed by atoms with Crippen LogP contribution in [-0.4, -0.2) is 19.1 Å². The highest BCUT2D eigenvalue weighted by atomic mass is 16.5. The SMILES string of the molecule is CCOc1ccccc1OCCCC(=O)Nc1ccccc1C(C)(C)C. The number of rotatable bonds is 8. The first kappa shape index (κ1) is 19.8. The van der Waals surface area contributed by atoms with E-state index >= 15 is 0 Å². The Bertz CT molecular complexity index is 719. The van der Waals surface area contributed by atoms with E-state index in [4.69, 9.17) is 9.47 Å². The highest BCUT2D eigenvalue weighted by Crippen LogP contribution is 2.29. The molecular formula is C22H29NO3. The van der Waals surface area contributed by atoms with E-state index in [1.807, 2.05) is 49.4 Å².